The summed E-state index contributed by atoms with van der Waals surface area (Å²) in [5.41, 5.74) is 1.48. The van der Waals surface area contributed by atoms with E-state index >= 15 is 0 Å². The van der Waals surface area contributed by atoms with E-state index in [2.05, 4.69) is 10.6 Å². The van der Waals surface area contributed by atoms with Crippen molar-refractivity contribution in [2.45, 2.75) is 13.3 Å². The van der Waals surface area contributed by atoms with E-state index in [4.69, 9.17) is 30.5 Å². The summed E-state index contributed by atoms with van der Waals surface area (Å²) in [5.74, 6) is 2.25. The van der Waals surface area contributed by atoms with Crippen molar-refractivity contribution in [3.63, 3.8) is 0 Å². The molecule has 0 aliphatic heterocycles. The van der Waals surface area contributed by atoms with E-state index in [1.54, 1.807) is 19.2 Å². The number of benzene rings is 2. The Balaban J connectivity index is 1.95. The number of nitrogens with one attached hydrogen (secondary N) is 2. The van der Waals surface area contributed by atoms with Gasteiger partial charge in [-0.25, -0.2) is 4.79 Å². The zero-order valence-electron chi connectivity index (χ0n) is 16.4. The van der Waals surface area contributed by atoms with Gasteiger partial charge in [0.05, 0.1) is 38.6 Å². The third-order valence-electron chi connectivity index (χ3n) is 3.95. The zero-order valence-corrected chi connectivity index (χ0v) is 17.2. The summed E-state index contributed by atoms with van der Waals surface area (Å²) in [5, 5.41) is 5.95. The smallest absolute Gasteiger partial charge is 0.319 e. The van der Waals surface area contributed by atoms with E-state index in [0.29, 0.717) is 53.3 Å². The molecule has 0 bridgehead atoms. The minimum atomic E-state index is -0.361. The van der Waals surface area contributed by atoms with Gasteiger partial charge in [0, 0.05) is 18.7 Å². The van der Waals surface area contributed by atoms with Crippen molar-refractivity contribution in [1.29, 1.82) is 0 Å². The van der Waals surface area contributed by atoms with Crippen LogP contribution < -0.4 is 29.6 Å². The Morgan fingerprint density at radius 3 is 2.32 bits per heavy atom. The summed E-state index contributed by atoms with van der Waals surface area (Å²) in [6, 6.07) is 8.54. The Hall–Kier alpha value is -2.80. The van der Waals surface area contributed by atoms with Gasteiger partial charge in [0.2, 0.25) is 0 Å². The van der Waals surface area contributed by atoms with Crippen LogP contribution in [0.5, 0.6) is 23.0 Å². The number of amides is 2. The summed E-state index contributed by atoms with van der Waals surface area (Å²) >= 11 is 6.07. The van der Waals surface area contributed by atoms with E-state index in [1.165, 1.54) is 14.2 Å². The minimum Gasteiger partial charge on any atom is -0.495 e. The summed E-state index contributed by atoms with van der Waals surface area (Å²) in [6.07, 6.45) is 0.636. The summed E-state index contributed by atoms with van der Waals surface area (Å²) in [6.45, 7) is 2.92. The first-order valence-corrected chi connectivity index (χ1v) is 9.16. The number of carbonyl (C=O) groups excluding carboxylic acids is 1. The highest BCUT2D eigenvalue weighted by Gasteiger charge is 2.12. The van der Waals surface area contributed by atoms with Crippen molar-refractivity contribution in [2.24, 2.45) is 0 Å². The number of methoxy groups -OCH3 is 3. The molecule has 0 spiro atoms. The monoisotopic (exact) mass is 408 g/mol. The first-order chi connectivity index (χ1) is 13.5. The topological polar surface area (TPSA) is 78.1 Å². The molecule has 152 valence electrons. The maximum absolute atomic E-state index is 12.2. The molecule has 7 nitrogen and oxygen atoms in total. The number of halogens is 1. The van der Waals surface area contributed by atoms with E-state index in [-0.39, 0.29) is 6.03 Å². The van der Waals surface area contributed by atoms with Gasteiger partial charge in [-0.1, -0.05) is 17.7 Å². The quantitative estimate of drug-likeness (QED) is 0.652. The summed E-state index contributed by atoms with van der Waals surface area (Å²) in [4.78, 5) is 12.2. The molecule has 0 saturated carbocycles. The fraction of sp³-hybridized carbons (Fsp3) is 0.350. The Morgan fingerprint density at radius 1 is 0.964 bits per heavy atom. The van der Waals surface area contributed by atoms with Crippen LogP contribution in [0.15, 0.2) is 30.3 Å². The van der Waals surface area contributed by atoms with Gasteiger partial charge in [0.1, 0.15) is 11.5 Å². The number of carbonyl (C=O) groups is 1. The van der Waals surface area contributed by atoms with Crippen molar-refractivity contribution >= 4 is 23.3 Å². The lowest BCUT2D eigenvalue weighted by Gasteiger charge is -2.14. The summed E-state index contributed by atoms with van der Waals surface area (Å²) < 4.78 is 21.3. The van der Waals surface area contributed by atoms with Crippen molar-refractivity contribution in [1.82, 2.24) is 5.32 Å². The first kappa shape index (κ1) is 21.5. The minimum absolute atomic E-state index is 0.361. The second-order valence-electron chi connectivity index (χ2n) is 5.74. The number of anilines is 1. The average Bonchev–Trinajstić information content (AvgIpc) is 2.70. The fourth-order valence-electron chi connectivity index (χ4n) is 2.59. The molecule has 0 aromatic heterocycles. The molecule has 2 aromatic carbocycles. The van der Waals surface area contributed by atoms with E-state index in [0.717, 1.165) is 5.56 Å². The van der Waals surface area contributed by atoms with Crippen LogP contribution in [0.4, 0.5) is 10.5 Å². The van der Waals surface area contributed by atoms with Crippen molar-refractivity contribution < 1.29 is 23.7 Å². The number of urea groups is 1. The predicted molar refractivity (Wildman–Crippen MR) is 109 cm³/mol. The largest absolute Gasteiger partial charge is 0.495 e. The third-order valence-corrected chi connectivity index (χ3v) is 4.24. The molecular weight excluding hydrogens is 384 g/mol. The first-order valence-electron chi connectivity index (χ1n) is 8.78. The van der Waals surface area contributed by atoms with Crippen LogP contribution >= 0.6 is 11.6 Å². The van der Waals surface area contributed by atoms with Crippen molar-refractivity contribution in [2.75, 3.05) is 39.8 Å². The van der Waals surface area contributed by atoms with Gasteiger partial charge in [-0.15, -0.1) is 0 Å². The average molecular weight is 409 g/mol. The molecule has 0 unspecified atom stereocenters. The van der Waals surface area contributed by atoms with Crippen molar-refractivity contribution in [3.8, 4) is 23.0 Å². The van der Waals surface area contributed by atoms with Crippen LogP contribution in [-0.4, -0.2) is 40.5 Å². The molecule has 2 amide bonds. The molecule has 2 N–H and O–H groups in total. The normalized spacial score (nSPS) is 10.2. The molecular formula is C20H25ClN2O5. The molecule has 0 fully saturated rings. The summed E-state index contributed by atoms with van der Waals surface area (Å²) in [7, 11) is 4.60. The van der Waals surface area contributed by atoms with Crippen LogP contribution in [0, 0.1) is 0 Å². The highest BCUT2D eigenvalue weighted by Crippen LogP contribution is 2.35. The third kappa shape index (κ3) is 5.60. The number of ether oxygens (including phenoxy) is 4. The van der Waals surface area contributed by atoms with Gasteiger partial charge in [-0.2, -0.15) is 0 Å². The Kier molecular flexibility index (Phi) is 8.07. The molecule has 0 saturated heterocycles. The lowest BCUT2D eigenvalue weighted by molar-refractivity contribution is 0.252. The van der Waals surface area contributed by atoms with E-state index in [9.17, 15) is 4.79 Å². The predicted octanol–water partition coefficient (Wildman–Crippen LogP) is 4.13. The lowest BCUT2D eigenvalue weighted by atomic mass is 10.1. The second kappa shape index (κ2) is 10.5. The highest BCUT2D eigenvalue weighted by atomic mass is 35.5. The van der Waals surface area contributed by atoms with Gasteiger partial charge in [0.25, 0.3) is 0 Å². The highest BCUT2D eigenvalue weighted by molar-refractivity contribution is 6.32. The van der Waals surface area contributed by atoms with Crippen LogP contribution in [0.1, 0.15) is 12.5 Å². The standard InChI is InChI=1S/C20H25ClN2O5/c1-5-28-16-7-6-13(10-19(16)27-4)8-9-22-20(24)23-15-12-17(25-2)14(21)11-18(15)26-3/h6-7,10-12H,5,8-9H2,1-4H3,(H2,22,23,24). The maximum atomic E-state index is 12.2. The molecule has 0 heterocycles. The zero-order chi connectivity index (χ0) is 20.5. The second-order valence-corrected chi connectivity index (χ2v) is 6.14. The van der Waals surface area contributed by atoms with Crippen molar-refractivity contribution in [3.05, 3.63) is 40.9 Å². The van der Waals surface area contributed by atoms with Gasteiger partial charge in [-0.05, 0) is 31.0 Å². The molecule has 28 heavy (non-hydrogen) atoms. The van der Waals surface area contributed by atoms with Crippen LogP contribution in [-0.2, 0) is 6.42 Å². The molecule has 0 aliphatic rings. The van der Waals surface area contributed by atoms with Crippen LogP contribution in [0.2, 0.25) is 5.02 Å². The van der Waals surface area contributed by atoms with E-state index in [1.807, 2.05) is 25.1 Å². The van der Waals surface area contributed by atoms with Gasteiger partial charge in [-0.3, -0.25) is 0 Å². The molecule has 2 rings (SSSR count). The number of hydrogen-bond acceptors (Lipinski definition) is 5. The SMILES string of the molecule is CCOc1ccc(CCNC(=O)Nc2cc(OC)c(Cl)cc2OC)cc1OC. The van der Waals surface area contributed by atoms with Crippen LogP contribution in [0.25, 0.3) is 0 Å². The molecule has 0 atom stereocenters. The van der Waals surface area contributed by atoms with Gasteiger partial charge < -0.3 is 29.6 Å². The Bertz CT molecular complexity index is 813. The Labute approximate surface area is 169 Å². The van der Waals surface area contributed by atoms with E-state index < -0.39 is 0 Å². The van der Waals surface area contributed by atoms with Crippen LogP contribution in [0.3, 0.4) is 0 Å². The molecule has 8 heteroatoms. The number of rotatable bonds is 9. The maximum Gasteiger partial charge on any atom is 0.319 e. The molecule has 2 aromatic rings. The fourth-order valence-corrected chi connectivity index (χ4v) is 2.82. The molecule has 0 radical (unpaired) electrons. The molecule has 0 aliphatic carbocycles. The van der Waals surface area contributed by atoms with Gasteiger partial charge in [0.15, 0.2) is 11.5 Å². The lowest BCUT2D eigenvalue weighted by Crippen LogP contribution is -2.30. The van der Waals surface area contributed by atoms with Gasteiger partial charge >= 0.3 is 6.03 Å². The number of hydrogen-bond donors (Lipinski definition) is 2. The Morgan fingerprint density at radius 2 is 1.68 bits per heavy atom.